The van der Waals surface area contributed by atoms with Crippen LogP contribution in [-0.2, 0) is 6.54 Å². The van der Waals surface area contributed by atoms with Crippen LogP contribution in [-0.4, -0.2) is 20.4 Å². The van der Waals surface area contributed by atoms with Gasteiger partial charge in [-0.2, -0.15) is 5.10 Å². The summed E-state index contributed by atoms with van der Waals surface area (Å²) >= 11 is 0. The number of rotatable bonds is 6. The Bertz CT molecular complexity index is 955. The molecule has 3 rings (SSSR count). The van der Waals surface area contributed by atoms with Gasteiger partial charge in [-0.25, -0.2) is 4.79 Å². The van der Waals surface area contributed by atoms with Crippen molar-refractivity contribution in [3.8, 4) is 5.88 Å². The molecule has 0 spiro atoms. The molecule has 1 aliphatic rings. The number of H-pyrrole nitrogens is 1. The molecular formula is C20H26N4O3. The van der Waals surface area contributed by atoms with E-state index < -0.39 is 11.2 Å². The molecule has 0 unspecified atom stereocenters. The van der Waals surface area contributed by atoms with Crippen molar-refractivity contribution < 1.29 is 5.11 Å². The maximum atomic E-state index is 12.3. The maximum absolute atomic E-state index is 12.3. The van der Waals surface area contributed by atoms with Crippen LogP contribution in [0.15, 0.2) is 39.0 Å². The number of unbranched alkanes of at least 4 members (excludes halogenated alkanes) is 1. The number of aromatic amines is 1. The summed E-state index contributed by atoms with van der Waals surface area (Å²) in [6.07, 6.45) is 2.06. The molecule has 0 saturated heterocycles. The average molecular weight is 370 g/mol. The number of nitrogens with one attached hydrogen (secondary N) is 2. The molecule has 0 fully saturated rings. The van der Waals surface area contributed by atoms with E-state index in [0.29, 0.717) is 24.6 Å². The Kier molecular flexibility index (Phi) is 5.48. The summed E-state index contributed by atoms with van der Waals surface area (Å²) in [5, 5.41) is 14.8. The monoisotopic (exact) mass is 370 g/mol. The number of hydrazone groups is 1. The van der Waals surface area contributed by atoms with Crippen LogP contribution in [0.4, 0.5) is 0 Å². The molecule has 0 radical (unpaired) electrons. The Balaban J connectivity index is 1.86. The predicted octanol–water partition coefficient (Wildman–Crippen LogP) is 2.60. The van der Waals surface area contributed by atoms with Crippen molar-refractivity contribution in [2.75, 3.05) is 0 Å². The highest BCUT2D eigenvalue weighted by atomic mass is 16.3. The van der Waals surface area contributed by atoms with Crippen LogP contribution >= 0.6 is 0 Å². The number of benzene rings is 1. The number of hydrogen-bond acceptors (Lipinski definition) is 5. The molecule has 27 heavy (non-hydrogen) atoms. The van der Waals surface area contributed by atoms with Crippen molar-refractivity contribution in [3.63, 3.8) is 0 Å². The molecule has 0 bridgehead atoms. The molecule has 2 aromatic rings. The smallest absolute Gasteiger partial charge is 0.331 e. The molecule has 0 saturated carbocycles. The van der Waals surface area contributed by atoms with Gasteiger partial charge in [0.2, 0.25) is 5.88 Å². The molecule has 1 aromatic carbocycles. The second-order valence-electron chi connectivity index (χ2n) is 7.23. The van der Waals surface area contributed by atoms with Crippen LogP contribution in [0.1, 0.15) is 68.7 Å². The number of aromatic hydroxyl groups is 1. The van der Waals surface area contributed by atoms with Gasteiger partial charge in [-0.05, 0) is 23.5 Å². The lowest BCUT2D eigenvalue weighted by molar-refractivity contribution is 0.394. The third kappa shape index (κ3) is 3.82. The molecule has 1 aromatic heterocycles. The quantitative estimate of drug-likeness (QED) is 0.728. The van der Waals surface area contributed by atoms with Crippen LogP contribution in [0.5, 0.6) is 5.88 Å². The van der Waals surface area contributed by atoms with Gasteiger partial charge in [-0.1, -0.05) is 51.5 Å². The van der Waals surface area contributed by atoms with Crippen molar-refractivity contribution in [2.45, 2.75) is 58.5 Å². The first-order valence-corrected chi connectivity index (χ1v) is 9.40. The summed E-state index contributed by atoms with van der Waals surface area (Å²) in [7, 11) is 0. The van der Waals surface area contributed by atoms with E-state index in [0.717, 1.165) is 18.4 Å². The standard InChI is InChI=1S/C20H26N4O3/c1-4-5-10-24-19(26)17(18(25)21-20(24)27)16-11-15(22-23-16)14-8-6-13(7-9-14)12(2)3/h6-9,12,15,22,26H,4-5,10-11H2,1-3H3,(H,21,25,27)/t15-/m1/s1. The minimum Gasteiger partial charge on any atom is -0.494 e. The summed E-state index contributed by atoms with van der Waals surface area (Å²) in [6, 6.07) is 8.22. The zero-order chi connectivity index (χ0) is 19.6. The third-order valence-electron chi connectivity index (χ3n) is 4.95. The fourth-order valence-corrected chi connectivity index (χ4v) is 3.25. The van der Waals surface area contributed by atoms with Gasteiger partial charge in [0, 0.05) is 13.0 Å². The molecule has 0 aliphatic carbocycles. The molecule has 1 atom stereocenters. The average Bonchev–Trinajstić information content (AvgIpc) is 3.11. The predicted molar refractivity (Wildman–Crippen MR) is 105 cm³/mol. The molecular weight excluding hydrogens is 344 g/mol. The highest BCUT2D eigenvalue weighted by molar-refractivity contribution is 6.03. The van der Waals surface area contributed by atoms with Gasteiger partial charge in [0.1, 0.15) is 5.56 Å². The second-order valence-corrected chi connectivity index (χ2v) is 7.23. The highest BCUT2D eigenvalue weighted by Crippen LogP contribution is 2.27. The van der Waals surface area contributed by atoms with Crippen molar-refractivity contribution >= 4 is 5.71 Å². The van der Waals surface area contributed by atoms with Crippen LogP contribution in [0, 0.1) is 0 Å². The molecule has 2 heterocycles. The van der Waals surface area contributed by atoms with E-state index in [4.69, 9.17) is 0 Å². The minimum absolute atomic E-state index is 0.0690. The second kappa shape index (κ2) is 7.82. The molecule has 7 heteroatoms. The van der Waals surface area contributed by atoms with E-state index in [9.17, 15) is 14.7 Å². The summed E-state index contributed by atoms with van der Waals surface area (Å²) in [4.78, 5) is 26.6. The van der Waals surface area contributed by atoms with E-state index in [1.807, 2.05) is 6.92 Å². The van der Waals surface area contributed by atoms with Crippen LogP contribution in [0.25, 0.3) is 0 Å². The fourth-order valence-electron chi connectivity index (χ4n) is 3.25. The topological polar surface area (TPSA) is 99.5 Å². The first-order chi connectivity index (χ1) is 12.9. The van der Waals surface area contributed by atoms with Gasteiger partial charge in [-0.15, -0.1) is 0 Å². The Morgan fingerprint density at radius 3 is 2.59 bits per heavy atom. The molecule has 0 amide bonds. The van der Waals surface area contributed by atoms with E-state index in [1.165, 1.54) is 10.1 Å². The number of aromatic nitrogens is 2. The minimum atomic E-state index is -0.610. The van der Waals surface area contributed by atoms with E-state index in [-0.39, 0.29) is 17.5 Å². The van der Waals surface area contributed by atoms with Gasteiger partial charge in [-0.3, -0.25) is 14.3 Å². The Hall–Kier alpha value is -2.83. The van der Waals surface area contributed by atoms with Gasteiger partial charge < -0.3 is 10.5 Å². The summed E-state index contributed by atoms with van der Waals surface area (Å²) in [5.41, 5.74) is 4.68. The summed E-state index contributed by atoms with van der Waals surface area (Å²) in [6.45, 7) is 6.64. The summed E-state index contributed by atoms with van der Waals surface area (Å²) in [5.74, 6) is 0.149. The summed E-state index contributed by atoms with van der Waals surface area (Å²) < 4.78 is 1.20. The lowest BCUT2D eigenvalue weighted by Gasteiger charge is -2.13. The Morgan fingerprint density at radius 1 is 1.26 bits per heavy atom. The van der Waals surface area contributed by atoms with Gasteiger partial charge in [0.15, 0.2) is 0 Å². The van der Waals surface area contributed by atoms with Gasteiger partial charge in [0.25, 0.3) is 5.56 Å². The molecule has 1 aliphatic heterocycles. The van der Waals surface area contributed by atoms with Crippen LogP contribution in [0.3, 0.4) is 0 Å². The van der Waals surface area contributed by atoms with Crippen molar-refractivity contribution in [3.05, 3.63) is 61.8 Å². The lowest BCUT2D eigenvalue weighted by atomic mass is 9.96. The molecule has 144 valence electrons. The first-order valence-electron chi connectivity index (χ1n) is 9.40. The number of nitrogens with zero attached hydrogens (tertiary/aromatic N) is 2. The lowest BCUT2D eigenvalue weighted by Crippen LogP contribution is -2.33. The van der Waals surface area contributed by atoms with Crippen molar-refractivity contribution in [1.82, 2.24) is 15.0 Å². The third-order valence-corrected chi connectivity index (χ3v) is 4.95. The van der Waals surface area contributed by atoms with Crippen LogP contribution in [0.2, 0.25) is 0 Å². The van der Waals surface area contributed by atoms with E-state index in [1.54, 1.807) is 0 Å². The van der Waals surface area contributed by atoms with Crippen LogP contribution < -0.4 is 16.7 Å². The molecule has 7 nitrogen and oxygen atoms in total. The number of hydrogen-bond donors (Lipinski definition) is 3. The van der Waals surface area contributed by atoms with Crippen molar-refractivity contribution in [2.24, 2.45) is 5.10 Å². The van der Waals surface area contributed by atoms with Gasteiger partial charge in [0.05, 0.1) is 11.8 Å². The normalized spacial score (nSPS) is 16.4. The highest BCUT2D eigenvalue weighted by Gasteiger charge is 2.27. The molecule has 3 N–H and O–H groups in total. The Morgan fingerprint density at radius 2 is 1.96 bits per heavy atom. The zero-order valence-electron chi connectivity index (χ0n) is 16.0. The van der Waals surface area contributed by atoms with E-state index >= 15 is 0 Å². The van der Waals surface area contributed by atoms with Gasteiger partial charge >= 0.3 is 5.69 Å². The largest absolute Gasteiger partial charge is 0.494 e. The zero-order valence-corrected chi connectivity index (χ0v) is 16.0. The van der Waals surface area contributed by atoms with E-state index in [2.05, 4.69) is 53.6 Å². The fraction of sp³-hybridized carbons (Fsp3) is 0.450. The SMILES string of the molecule is CCCCn1c(O)c(C2=NN[C@@H](c3ccc(C(C)C)cc3)C2)c(=O)[nH]c1=O. The maximum Gasteiger partial charge on any atom is 0.331 e. The van der Waals surface area contributed by atoms with Crippen molar-refractivity contribution in [1.29, 1.82) is 0 Å². The Labute approximate surface area is 157 Å². The first kappa shape index (κ1) is 18.9.